The van der Waals surface area contributed by atoms with Gasteiger partial charge in [-0.05, 0) is 39.0 Å². The Labute approximate surface area is 108 Å². The molecule has 5 heteroatoms. The highest BCUT2D eigenvalue weighted by molar-refractivity contribution is 6.61. The van der Waals surface area contributed by atoms with E-state index in [1.54, 1.807) is 14.2 Å². The average molecular weight is 262 g/mol. The molecule has 0 heterocycles. The fraction of sp³-hybridized carbons (Fsp3) is 1.00. The lowest BCUT2D eigenvalue weighted by Gasteiger charge is -2.43. The van der Waals surface area contributed by atoms with Gasteiger partial charge in [0.15, 0.2) is 0 Å². The second-order valence-electron chi connectivity index (χ2n) is 4.12. The van der Waals surface area contributed by atoms with E-state index in [1.807, 2.05) is 0 Å². The van der Waals surface area contributed by atoms with E-state index >= 15 is 0 Å². The van der Waals surface area contributed by atoms with Gasteiger partial charge in [-0.2, -0.15) is 0 Å². The highest BCUT2D eigenvalue weighted by atomic mass is 28.4. The molecule has 0 saturated carbocycles. The Morgan fingerprint density at radius 1 is 0.765 bits per heavy atom. The Bertz CT molecular complexity index is 179. The van der Waals surface area contributed by atoms with E-state index < -0.39 is 8.88 Å². The fourth-order valence-corrected chi connectivity index (χ4v) is 5.77. The third kappa shape index (κ3) is 4.03. The Kier molecular flexibility index (Phi) is 9.08. The first-order valence-corrected chi connectivity index (χ1v) is 8.48. The molecule has 0 aromatic rings. The van der Waals surface area contributed by atoms with Crippen LogP contribution in [-0.4, -0.2) is 58.4 Å². The van der Waals surface area contributed by atoms with Crippen molar-refractivity contribution in [2.45, 2.75) is 40.5 Å². The summed E-state index contributed by atoms with van der Waals surface area (Å²) in [5.74, 6) is 0. The van der Waals surface area contributed by atoms with Crippen molar-refractivity contribution in [3.05, 3.63) is 0 Å². The molecule has 0 aromatic carbocycles. The molecule has 0 atom stereocenters. The molecule has 0 fully saturated rings. The van der Waals surface area contributed by atoms with Crippen LogP contribution in [0.2, 0.25) is 0 Å². The molecule has 0 amide bonds. The van der Waals surface area contributed by atoms with Crippen molar-refractivity contribution in [1.82, 2.24) is 9.13 Å². The van der Waals surface area contributed by atoms with Gasteiger partial charge in [-0.3, -0.25) is 9.13 Å². The molecule has 17 heavy (non-hydrogen) atoms. The summed E-state index contributed by atoms with van der Waals surface area (Å²) in [5, 5.41) is 0. The number of hydrogen-bond acceptors (Lipinski definition) is 4. The molecule has 0 aliphatic carbocycles. The summed E-state index contributed by atoms with van der Waals surface area (Å²) in [6.45, 7) is 12.8. The van der Waals surface area contributed by atoms with Crippen LogP contribution in [0.15, 0.2) is 0 Å². The predicted molar refractivity (Wildman–Crippen MR) is 74.8 cm³/mol. The monoisotopic (exact) mass is 262 g/mol. The normalized spacial score (nSPS) is 12.7. The van der Waals surface area contributed by atoms with Crippen LogP contribution < -0.4 is 0 Å². The first-order valence-electron chi connectivity index (χ1n) is 6.77. The van der Waals surface area contributed by atoms with Crippen molar-refractivity contribution >= 4 is 8.88 Å². The molecule has 0 spiro atoms. The smallest absolute Gasteiger partial charge is 0.374 e. The van der Waals surface area contributed by atoms with Crippen molar-refractivity contribution in [3.63, 3.8) is 0 Å². The summed E-state index contributed by atoms with van der Waals surface area (Å²) in [7, 11) is 1.19. The van der Waals surface area contributed by atoms with Crippen LogP contribution in [0, 0.1) is 0 Å². The minimum absolute atomic E-state index is 0.967. The predicted octanol–water partition coefficient (Wildman–Crippen LogP) is 2.18. The second-order valence-corrected chi connectivity index (χ2v) is 7.29. The lowest BCUT2D eigenvalue weighted by atomic mass is 10.4. The summed E-state index contributed by atoms with van der Waals surface area (Å²) >= 11 is 0. The number of nitrogens with zero attached hydrogens (tertiary/aromatic N) is 2. The van der Waals surface area contributed by atoms with Crippen molar-refractivity contribution in [2.24, 2.45) is 0 Å². The zero-order chi connectivity index (χ0) is 13.3. The maximum absolute atomic E-state index is 5.87. The Morgan fingerprint density at radius 3 is 1.41 bits per heavy atom. The summed E-state index contributed by atoms with van der Waals surface area (Å²) < 4.78 is 16.5. The quantitative estimate of drug-likeness (QED) is 0.563. The van der Waals surface area contributed by atoms with Gasteiger partial charge < -0.3 is 8.85 Å². The Morgan fingerprint density at radius 2 is 1.18 bits per heavy atom. The average Bonchev–Trinajstić information content (AvgIpc) is 2.36. The molecule has 104 valence electrons. The van der Waals surface area contributed by atoms with Crippen molar-refractivity contribution in [1.29, 1.82) is 0 Å². The van der Waals surface area contributed by atoms with Crippen LogP contribution in [0.5, 0.6) is 0 Å². The third-order valence-corrected chi connectivity index (χ3v) is 6.82. The standard InChI is InChI=1S/C12H30N2O2Si/c1-7-11-14(12-8-2)17(15-5,16-6)13(9-3)10-4/h7-12H2,1-6H3. The Hall–Kier alpha value is 0.0569. The molecule has 0 radical (unpaired) electrons. The van der Waals surface area contributed by atoms with Crippen LogP contribution in [0.3, 0.4) is 0 Å². The minimum atomic E-state index is -2.38. The molecule has 0 bridgehead atoms. The second kappa shape index (κ2) is 9.05. The van der Waals surface area contributed by atoms with Gasteiger partial charge in [0.05, 0.1) is 0 Å². The summed E-state index contributed by atoms with van der Waals surface area (Å²) in [6.07, 6.45) is 2.26. The van der Waals surface area contributed by atoms with Gasteiger partial charge >= 0.3 is 8.88 Å². The van der Waals surface area contributed by atoms with E-state index in [4.69, 9.17) is 8.85 Å². The molecule has 0 N–H and O–H groups in total. The zero-order valence-electron chi connectivity index (χ0n) is 12.5. The Balaban J connectivity index is 5.08. The van der Waals surface area contributed by atoms with Crippen molar-refractivity contribution in [3.8, 4) is 0 Å². The van der Waals surface area contributed by atoms with Gasteiger partial charge in [0.1, 0.15) is 0 Å². The van der Waals surface area contributed by atoms with Crippen molar-refractivity contribution in [2.75, 3.05) is 40.4 Å². The van der Waals surface area contributed by atoms with E-state index in [1.165, 1.54) is 0 Å². The molecule has 0 aliphatic heterocycles. The molecular weight excluding hydrogens is 232 g/mol. The topological polar surface area (TPSA) is 24.9 Å². The lowest BCUT2D eigenvalue weighted by molar-refractivity contribution is 0.0965. The number of hydrogen-bond donors (Lipinski definition) is 0. The summed E-state index contributed by atoms with van der Waals surface area (Å²) in [4.78, 5) is 0. The van der Waals surface area contributed by atoms with Crippen molar-refractivity contribution < 1.29 is 8.85 Å². The lowest BCUT2D eigenvalue weighted by Crippen LogP contribution is -2.69. The summed E-state index contributed by atoms with van der Waals surface area (Å²) in [6, 6.07) is 0. The van der Waals surface area contributed by atoms with Crippen LogP contribution in [-0.2, 0) is 8.85 Å². The molecule has 0 aliphatic rings. The van der Waals surface area contributed by atoms with Crippen LogP contribution in [0.25, 0.3) is 0 Å². The summed E-state index contributed by atoms with van der Waals surface area (Å²) in [5.41, 5.74) is 0. The van der Waals surface area contributed by atoms with Gasteiger partial charge in [-0.15, -0.1) is 0 Å². The van der Waals surface area contributed by atoms with E-state index in [9.17, 15) is 0 Å². The number of rotatable bonds is 10. The largest absolute Gasteiger partial charge is 0.521 e. The van der Waals surface area contributed by atoms with Gasteiger partial charge in [0.2, 0.25) is 0 Å². The molecule has 0 unspecified atom stereocenters. The van der Waals surface area contributed by atoms with E-state index in [2.05, 4.69) is 36.8 Å². The zero-order valence-corrected chi connectivity index (χ0v) is 13.5. The van der Waals surface area contributed by atoms with Crippen LogP contribution >= 0.6 is 0 Å². The van der Waals surface area contributed by atoms with E-state index in [0.29, 0.717) is 0 Å². The maximum atomic E-state index is 5.87. The third-order valence-electron chi connectivity index (χ3n) is 3.08. The van der Waals surface area contributed by atoms with Gasteiger partial charge in [-0.1, -0.05) is 27.7 Å². The van der Waals surface area contributed by atoms with Crippen LogP contribution in [0.1, 0.15) is 40.5 Å². The molecule has 0 aromatic heterocycles. The maximum Gasteiger partial charge on any atom is 0.521 e. The van der Waals surface area contributed by atoms with Gasteiger partial charge in [-0.25, -0.2) is 0 Å². The van der Waals surface area contributed by atoms with Gasteiger partial charge in [0, 0.05) is 14.2 Å². The van der Waals surface area contributed by atoms with E-state index in [-0.39, 0.29) is 0 Å². The first kappa shape index (κ1) is 17.1. The van der Waals surface area contributed by atoms with Crippen LogP contribution in [0.4, 0.5) is 0 Å². The van der Waals surface area contributed by atoms with E-state index in [0.717, 1.165) is 39.0 Å². The molecule has 0 rings (SSSR count). The molecular formula is C12H30N2O2Si. The van der Waals surface area contributed by atoms with Gasteiger partial charge in [0.25, 0.3) is 0 Å². The molecule has 0 saturated heterocycles. The first-order chi connectivity index (χ1) is 8.16. The fourth-order valence-electron chi connectivity index (χ4n) is 2.36. The minimum Gasteiger partial charge on any atom is -0.374 e. The molecule has 4 nitrogen and oxygen atoms in total. The highest BCUT2D eigenvalue weighted by Gasteiger charge is 2.48. The highest BCUT2D eigenvalue weighted by Crippen LogP contribution is 2.18. The SMILES string of the molecule is CCCN(CCC)[Si](OC)(OC)N(CC)CC.